The number of nitrogens with zero attached hydrogens (tertiary/aromatic N) is 4. The molecule has 0 aliphatic rings. The predicted molar refractivity (Wildman–Crippen MR) is 184 cm³/mol. The summed E-state index contributed by atoms with van der Waals surface area (Å²) in [5.74, 6) is -5.48. The molecule has 0 saturated heterocycles. The first kappa shape index (κ1) is 62.5. The van der Waals surface area contributed by atoms with Crippen molar-refractivity contribution >= 4 is 90.5 Å². The third-order valence-corrected chi connectivity index (χ3v) is 11.6. The minimum Gasteiger partial charge on any atom is -0.871 e. The SMILES string of the molecule is Nc1c(S(=O)(=O)[O-])cc(S(=O)(=O)[O-])c2ccc(N=Nc3ccc(-c4ccc(N=Nc5c(S(=O)(=O)[O-])cc6cc(S(=O)(=O)[O-])cc(O)c6c5[O-])c([O-])c4)cc3[O-])c([O-])c12.[Cu+2].[Cu+2].[Na+].[Na+].[Na+].[Na+]. The monoisotopic (exact) mass is 1090 g/mol. The third-order valence-electron chi connectivity index (χ3n) is 8.16. The Hall–Kier alpha value is -1.48. The second kappa shape index (κ2) is 23.2. The minimum absolute atomic E-state index is 0. The molecule has 320 valence electrons. The molecule has 0 aromatic heterocycles. The van der Waals surface area contributed by atoms with Crippen LogP contribution in [0.4, 0.5) is 28.4 Å². The van der Waals surface area contributed by atoms with Gasteiger partial charge >= 0.3 is 152 Å². The van der Waals surface area contributed by atoms with E-state index in [2.05, 4.69) is 20.5 Å². The predicted octanol–water partition coefficient (Wildman–Crippen LogP) is -10.3. The van der Waals surface area contributed by atoms with E-state index in [9.17, 15) is 77.4 Å². The fourth-order valence-electron chi connectivity index (χ4n) is 5.55. The van der Waals surface area contributed by atoms with Gasteiger partial charge in [0.1, 0.15) is 46.2 Å². The molecule has 2 radical (unpaired) electrons. The molecule has 64 heavy (non-hydrogen) atoms. The van der Waals surface area contributed by atoms with Crippen LogP contribution in [0.1, 0.15) is 0 Å². The zero-order chi connectivity index (χ0) is 42.9. The first-order chi connectivity index (χ1) is 26.8. The summed E-state index contributed by atoms with van der Waals surface area (Å²) < 4.78 is 141. The van der Waals surface area contributed by atoms with E-state index < -0.39 is 139 Å². The standard InChI is InChI=1S/C32H23N5O17S4.2Cu.4Na/c33-29-25(57(49,50)51)12-24(56(46,47)48)17-3-6-20(31(41)28(17)29)36-34-18-4-1-13(8-21(18)38)14-2-5-19(22(39)9-14)35-37-30-26(58(52,53)54)10-15-7-16(55(43,44)45)11-23(40)27(15)32(30)42;;;;;;/h1-12,38-42H,33H2,(H,43,44,45)(H,46,47,48)(H,49,50,51)(H,52,53,54);;;;;;/q;2*+2;4*+1/p-8. The van der Waals surface area contributed by atoms with Crippen molar-refractivity contribution in [2.45, 2.75) is 19.6 Å². The van der Waals surface area contributed by atoms with Gasteiger partial charge in [0.25, 0.3) is 0 Å². The van der Waals surface area contributed by atoms with Crippen LogP contribution in [-0.4, -0.2) is 57.0 Å². The van der Waals surface area contributed by atoms with Gasteiger partial charge < -0.3 is 49.5 Å². The van der Waals surface area contributed by atoms with Crippen LogP contribution in [0.3, 0.4) is 0 Å². The van der Waals surface area contributed by atoms with Crippen LogP contribution in [0.2, 0.25) is 0 Å². The molecule has 0 heterocycles. The number of anilines is 1. The second-order valence-electron chi connectivity index (χ2n) is 11.8. The molecule has 3 N–H and O–H groups in total. The van der Waals surface area contributed by atoms with Crippen LogP contribution in [-0.2, 0) is 74.6 Å². The summed E-state index contributed by atoms with van der Waals surface area (Å²) >= 11 is 0. The van der Waals surface area contributed by atoms with Crippen molar-refractivity contribution in [1.82, 2.24) is 0 Å². The van der Waals surface area contributed by atoms with Crippen LogP contribution in [0.5, 0.6) is 28.7 Å². The van der Waals surface area contributed by atoms with Crippen LogP contribution in [0.25, 0.3) is 32.7 Å². The van der Waals surface area contributed by atoms with E-state index >= 15 is 0 Å². The van der Waals surface area contributed by atoms with Crippen molar-refractivity contribution in [3.8, 4) is 39.9 Å². The van der Waals surface area contributed by atoms with Gasteiger partial charge in [0.05, 0.1) is 48.0 Å². The number of hydrogen-bond acceptors (Lipinski definition) is 22. The number of aromatic hydroxyl groups is 1. The Morgan fingerprint density at radius 2 is 0.938 bits per heavy atom. The van der Waals surface area contributed by atoms with E-state index in [0.717, 1.165) is 36.4 Å². The Bertz CT molecular complexity index is 3340. The fourth-order valence-corrected chi connectivity index (χ4v) is 8.13. The molecule has 0 spiro atoms. The van der Waals surface area contributed by atoms with Crippen molar-refractivity contribution in [3.05, 3.63) is 72.8 Å². The topological polar surface area (TPSA) is 417 Å². The van der Waals surface area contributed by atoms with Crippen molar-refractivity contribution in [3.63, 3.8) is 0 Å². The van der Waals surface area contributed by atoms with Crippen molar-refractivity contribution in [2.24, 2.45) is 20.5 Å². The average molecular weight is 1090 g/mol. The molecule has 0 aliphatic heterocycles. The summed E-state index contributed by atoms with van der Waals surface area (Å²) in [5.41, 5.74) is 2.26. The van der Waals surface area contributed by atoms with Crippen molar-refractivity contribution in [2.75, 3.05) is 5.73 Å². The van der Waals surface area contributed by atoms with Gasteiger partial charge in [0, 0.05) is 16.2 Å². The van der Waals surface area contributed by atoms with Gasteiger partial charge in [-0.2, -0.15) is 15.3 Å². The van der Waals surface area contributed by atoms with E-state index in [-0.39, 0.29) is 170 Å². The molecule has 22 nitrogen and oxygen atoms in total. The maximum atomic E-state index is 13.2. The van der Waals surface area contributed by atoms with Crippen molar-refractivity contribution < 1.29 is 230 Å². The first-order valence-corrected chi connectivity index (χ1v) is 20.8. The number of nitrogens with two attached hydrogens (primary N) is 1. The zero-order valence-corrected chi connectivity index (χ0v) is 45.7. The number of azo groups is 2. The van der Waals surface area contributed by atoms with E-state index in [1.54, 1.807) is 0 Å². The van der Waals surface area contributed by atoms with Gasteiger partial charge in [0.2, 0.25) is 0 Å². The van der Waals surface area contributed by atoms with Gasteiger partial charge in [-0.25, -0.2) is 33.7 Å². The number of benzene rings is 6. The second-order valence-corrected chi connectivity index (χ2v) is 17.2. The summed E-state index contributed by atoms with van der Waals surface area (Å²) in [6, 6.07) is 10.1. The summed E-state index contributed by atoms with van der Waals surface area (Å²) in [7, 11) is -21.6. The fraction of sp³-hybridized carbons (Fsp3) is 0. The quantitative estimate of drug-likeness (QED) is 0.0587. The Labute approximate surface area is 472 Å². The number of fused-ring (bicyclic) bond motifs is 2. The minimum atomic E-state index is -5.54. The average Bonchev–Trinajstić information content (AvgIpc) is 3.09. The molecule has 6 rings (SSSR count). The summed E-state index contributed by atoms with van der Waals surface area (Å²) in [5, 5.41) is 74.0. The Morgan fingerprint density at radius 1 is 0.484 bits per heavy atom. The van der Waals surface area contributed by atoms with Gasteiger partial charge in [-0.3, -0.25) is 0 Å². The summed E-state index contributed by atoms with van der Waals surface area (Å²) in [6.07, 6.45) is 0. The molecule has 6 aromatic carbocycles. The number of nitrogen functional groups attached to an aromatic ring is 1. The third kappa shape index (κ3) is 13.2. The molecular weight excluding hydrogens is 1070 g/mol. The van der Waals surface area contributed by atoms with E-state index in [4.69, 9.17) is 5.73 Å². The van der Waals surface area contributed by atoms with Crippen LogP contribution < -0.4 is 144 Å². The first-order valence-electron chi connectivity index (χ1n) is 15.1. The van der Waals surface area contributed by atoms with Crippen molar-refractivity contribution in [1.29, 1.82) is 0 Å². The van der Waals surface area contributed by atoms with E-state index in [1.165, 1.54) is 12.1 Å². The largest absolute Gasteiger partial charge is 2.00 e. The van der Waals surface area contributed by atoms with Crippen LogP contribution >= 0.6 is 0 Å². The van der Waals surface area contributed by atoms with Gasteiger partial charge in [-0.15, -0.1) is 5.11 Å². The molecule has 0 unspecified atom stereocenters. The molecule has 0 fully saturated rings. The maximum absolute atomic E-state index is 13.2. The van der Waals surface area contributed by atoms with Gasteiger partial charge in [-0.05, 0) is 59.0 Å². The summed E-state index contributed by atoms with van der Waals surface area (Å²) in [4.78, 5) is -4.92. The Morgan fingerprint density at radius 3 is 1.39 bits per heavy atom. The molecule has 0 saturated carbocycles. The van der Waals surface area contributed by atoms with Gasteiger partial charge in [-0.1, -0.05) is 53.3 Å². The number of phenols is 1. The Balaban J connectivity index is 0.00000661. The van der Waals surface area contributed by atoms with Crippen LogP contribution in [0.15, 0.2) is 113 Å². The number of phenolic OH excluding ortho intramolecular Hbond substituents is 1. The molecule has 6 aromatic rings. The van der Waals surface area contributed by atoms with E-state index in [0.29, 0.717) is 18.2 Å². The zero-order valence-electron chi connectivity index (χ0n) is 32.5. The molecule has 0 aliphatic carbocycles. The molecule has 0 bridgehead atoms. The molecular formula is C32H15Cu2N5Na4O17S4. The van der Waals surface area contributed by atoms with Gasteiger partial charge in [0.15, 0.2) is 0 Å². The smallest absolute Gasteiger partial charge is 0.871 e. The van der Waals surface area contributed by atoms with Crippen LogP contribution in [0, 0.1) is 0 Å². The molecule has 0 atom stereocenters. The molecule has 32 heteroatoms. The Kier molecular flexibility index (Phi) is 22.7. The molecule has 0 amide bonds. The normalized spacial score (nSPS) is 11.8. The number of rotatable bonds is 9. The summed E-state index contributed by atoms with van der Waals surface area (Å²) in [6.45, 7) is 0. The maximum Gasteiger partial charge on any atom is 2.00 e. The van der Waals surface area contributed by atoms with E-state index in [1.807, 2.05) is 0 Å². The number of hydrogen-bond donors (Lipinski definition) is 2.